The minimum atomic E-state index is -0.605. The minimum absolute atomic E-state index is 0.0429. The molecule has 0 aliphatic carbocycles. The third-order valence-electron chi connectivity index (χ3n) is 4.32. The predicted molar refractivity (Wildman–Crippen MR) is 95.1 cm³/mol. The van der Waals surface area contributed by atoms with Crippen molar-refractivity contribution < 1.29 is 9.13 Å². The van der Waals surface area contributed by atoms with Gasteiger partial charge in [0.05, 0.1) is 6.04 Å². The summed E-state index contributed by atoms with van der Waals surface area (Å²) in [5.41, 5.74) is 1.17. The Labute approximate surface area is 147 Å². The Hall–Kier alpha value is -1.66. The Kier molecular flexibility index (Phi) is 3.35. The van der Waals surface area contributed by atoms with Gasteiger partial charge in [-0.25, -0.2) is 4.39 Å². The summed E-state index contributed by atoms with van der Waals surface area (Å²) in [5, 5.41) is 3.90. The average Bonchev–Trinajstić information content (AvgIpc) is 2.49. The van der Waals surface area contributed by atoms with Crippen LogP contribution in [0.4, 0.5) is 10.1 Å². The van der Waals surface area contributed by atoms with Gasteiger partial charge in [0, 0.05) is 22.1 Å². The maximum atomic E-state index is 13.6. The van der Waals surface area contributed by atoms with Crippen LogP contribution < -0.4 is 15.0 Å². The van der Waals surface area contributed by atoms with Gasteiger partial charge in [-0.2, -0.15) is 0 Å². The average molecular weight is 393 g/mol. The van der Waals surface area contributed by atoms with E-state index in [4.69, 9.17) is 17.0 Å². The van der Waals surface area contributed by atoms with E-state index in [0.717, 1.165) is 15.7 Å². The topological polar surface area (TPSA) is 24.5 Å². The summed E-state index contributed by atoms with van der Waals surface area (Å²) in [6, 6.07) is 12.5. The Morgan fingerprint density at radius 1 is 1.30 bits per heavy atom. The summed E-state index contributed by atoms with van der Waals surface area (Å²) in [4.78, 5) is 1.98. The van der Waals surface area contributed by atoms with Gasteiger partial charge < -0.3 is 10.1 Å². The van der Waals surface area contributed by atoms with Gasteiger partial charge in [-0.3, -0.25) is 4.90 Å². The fourth-order valence-corrected chi connectivity index (χ4v) is 4.03. The van der Waals surface area contributed by atoms with E-state index in [1.165, 1.54) is 12.1 Å². The van der Waals surface area contributed by atoms with E-state index in [1.807, 2.05) is 36.1 Å². The summed E-state index contributed by atoms with van der Waals surface area (Å²) >= 11 is 9.00. The largest absolute Gasteiger partial charge is 0.467 e. The fourth-order valence-electron chi connectivity index (χ4n) is 3.33. The number of hydrogen-bond acceptors (Lipinski definition) is 2. The molecule has 6 heteroatoms. The van der Waals surface area contributed by atoms with Crippen LogP contribution in [0.2, 0.25) is 0 Å². The van der Waals surface area contributed by atoms with Gasteiger partial charge in [0.1, 0.15) is 11.6 Å². The number of benzene rings is 2. The van der Waals surface area contributed by atoms with Crippen molar-refractivity contribution >= 4 is 38.9 Å². The van der Waals surface area contributed by atoms with E-state index in [9.17, 15) is 4.39 Å². The third kappa shape index (κ3) is 2.40. The van der Waals surface area contributed by atoms with E-state index in [-0.39, 0.29) is 11.9 Å². The Morgan fingerprint density at radius 2 is 2.04 bits per heavy atom. The Balaban J connectivity index is 1.79. The number of thiocarbonyl (C=S) groups is 1. The molecular formula is C17H14BrFN2OS. The van der Waals surface area contributed by atoms with Crippen LogP contribution in [0.5, 0.6) is 5.75 Å². The lowest BCUT2D eigenvalue weighted by Gasteiger charge is -2.52. The molecule has 23 heavy (non-hydrogen) atoms. The number of halogens is 2. The van der Waals surface area contributed by atoms with E-state index < -0.39 is 5.72 Å². The number of rotatable bonds is 1. The Morgan fingerprint density at radius 3 is 2.78 bits per heavy atom. The van der Waals surface area contributed by atoms with Gasteiger partial charge in [0.2, 0.25) is 0 Å². The third-order valence-corrected chi connectivity index (χ3v) is 5.15. The number of fused-ring (bicyclic) bond motifs is 4. The molecule has 1 saturated heterocycles. The first-order chi connectivity index (χ1) is 11.0. The van der Waals surface area contributed by atoms with Crippen molar-refractivity contribution in [3.05, 3.63) is 58.3 Å². The number of hydrogen-bond donors (Lipinski definition) is 1. The fraction of sp³-hybridized carbons (Fsp3) is 0.235. The molecule has 0 spiro atoms. The van der Waals surface area contributed by atoms with Crippen molar-refractivity contribution in [2.75, 3.05) is 4.90 Å². The van der Waals surface area contributed by atoms with Crippen LogP contribution in [0.1, 0.15) is 24.9 Å². The van der Waals surface area contributed by atoms with Crippen molar-refractivity contribution in [1.82, 2.24) is 5.32 Å². The molecule has 2 aromatic carbocycles. The van der Waals surface area contributed by atoms with Crippen LogP contribution in [-0.4, -0.2) is 10.8 Å². The van der Waals surface area contributed by atoms with Crippen molar-refractivity contribution in [2.45, 2.75) is 25.1 Å². The van der Waals surface area contributed by atoms with Crippen LogP contribution in [-0.2, 0) is 0 Å². The van der Waals surface area contributed by atoms with Crippen molar-refractivity contribution in [3.63, 3.8) is 0 Å². The second kappa shape index (κ2) is 5.18. The minimum Gasteiger partial charge on any atom is -0.467 e. The van der Waals surface area contributed by atoms with Crippen LogP contribution in [0.25, 0.3) is 0 Å². The molecule has 2 heterocycles. The summed E-state index contributed by atoms with van der Waals surface area (Å²) < 4.78 is 20.8. The highest BCUT2D eigenvalue weighted by atomic mass is 79.9. The molecule has 2 aliphatic heterocycles. The highest BCUT2D eigenvalue weighted by Gasteiger charge is 2.48. The SMILES string of the molecule is C[C@]12C[C@H](NC(=S)N1c1ccc(Br)cc1)c1cc(F)ccc1O2. The van der Waals surface area contributed by atoms with Crippen LogP contribution >= 0.6 is 28.1 Å². The Bertz CT molecular complexity index is 798. The molecule has 118 valence electrons. The molecule has 1 N–H and O–H groups in total. The highest BCUT2D eigenvalue weighted by molar-refractivity contribution is 9.10. The molecule has 1 fully saturated rings. The molecule has 2 aliphatic rings. The molecule has 2 bridgehead atoms. The summed E-state index contributed by atoms with van der Waals surface area (Å²) in [5.74, 6) is 0.432. The summed E-state index contributed by atoms with van der Waals surface area (Å²) in [7, 11) is 0. The smallest absolute Gasteiger partial charge is 0.188 e. The zero-order valence-electron chi connectivity index (χ0n) is 12.3. The molecule has 2 atom stereocenters. The first-order valence-electron chi connectivity index (χ1n) is 7.31. The molecule has 4 rings (SSSR count). The number of nitrogens with zero attached hydrogens (tertiary/aromatic N) is 1. The second-order valence-corrected chi connectivity index (χ2v) is 7.28. The van der Waals surface area contributed by atoms with Crippen molar-refractivity contribution in [2.24, 2.45) is 0 Å². The predicted octanol–water partition coefficient (Wildman–Crippen LogP) is 4.52. The van der Waals surface area contributed by atoms with E-state index in [0.29, 0.717) is 17.3 Å². The molecule has 3 nitrogen and oxygen atoms in total. The highest BCUT2D eigenvalue weighted by Crippen LogP contribution is 2.45. The first kappa shape index (κ1) is 14.9. The monoisotopic (exact) mass is 392 g/mol. The standard InChI is InChI=1S/C17H14BrFN2OS/c1-17-9-14(13-8-11(19)4-7-15(13)22-17)20-16(23)21(17)12-5-2-10(18)3-6-12/h2-8,14H,9H2,1H3,(H,20,23)/t14-,17-/m0/s1. The molecule has 0 saturated carbocycles. The summed E-state index contributed by atoms with van der Waals surface area (Å²) in [6.45, 7) is 2.02. The molecule has 0 amide bonds. The number of anilines is 1. The van der Waals surface area contributed by atoms with E-state index in [1.54, 1.807) is 6.07 Å². The van der Waals surface area contributed by atoms with Crippen LogP contribution in [0, 0.1) is 5.82 Å². The van der Waals surface area contributed by atoms with Gasteiger partial charge >= 0.3 is 0 Å². The van der Waals surface area contributed by atoms with E-state index in [2.05, 4.69) is 21.2 Å². The van der Waals surface area contributed by atoms with Gasteiger partial charge in [-0.1, -0.05) is 15.9 Å². The maximum Gasteiger partial charge on any atom is 0.188 e. The number of ether oxygens (including phenoxy) is 1. The van der Waals surface area contributed by atoms with Crippen molar-refractivity contribution in [3.8, 4) is 5.75 Å². The second-order valence-electron chi connectivity index (χ2n) is 5.98. The molecule has 2 aromatic rings. The van der Waals surface area contributed by atoms with Gasteiger partial charge in [0.25, 0.3) is 0 Å². The van der Waals surface area contributed by atoms with Crippen LogP contribution in [0.15, 0.2) is 46.9 Å². The van der Waals surface area contributed by atoms with E-state index >= 15 is 0 Å². The summed E-state index contributed by atoms with van der Waals surface area (Å²) in [6.07, 6.45) is 0.680. The first-order valence-corrected chi connectivity index (χ1v) is 8.51. The normalized spacial score (nSPS) is 25.4. The van der Waals surface area contributed by atoms with Gasteiger partial charge in [0.15, 0.2) is 10.8 Å². The van der Waals surface area contributed by atoms with Crippen molar-refractivity contribution in [1.29, 1.82) is 0 Å². The lowest BCUT2D eigenvalue weighted by Crippen LogP contribution is -2.65. The zero-order valence-corrected chi connectivity index (χ0v) is 14.7. The lowest BCUT2D eigenvalue weighted by atomic mass is 9.90. The molecule has 0 unspecified atom stereocenters. The zero-order chi connectivity index (χ0) is 16.2. The molecular weight excluding hydrogens is 379 g/mol. The quantitative estimate of drug-likeness (QED) is 0.720. The molecule has 0 radical (unpaired) electrons. The van der Waals surface area contributed by atoms with Crippen LogP contribution in [0.3, 0.4) is 0 Å². The lowest BCUT2D eigenvalue weighted by molar-refractivity contribution is 0.0495. The number of nitrogens with one attached hydrogen (secondary N) is 1. The molecule has 0 aromatic heterocycles. The van der Waals surface area contributed by atoms with Gasteiger partial charge in [-0.05, 0) is 61.6 Å². The van der Waals surface area contributed by atoms with Gasteiger partial charge in [-0.15, -0.1) is 0 Å². The maximum absolute atomic E-state index is 13.6.